The molecule has 0 aliphatic carbocycles. The molecule has 0 saturated heterocycles. The molecule has 1 heterocycles. The molecule has 0 aliphatic rings. The third-order valence-corrected chi connectivity index (χ3v) is 6.35. The van der Waals surface area contributed by atoms with E-state index in [1.54, 1.807) is 21.3 Å². The average molecular weight is 465 g/mol. The van der Waals surface area contributed by atoms with Crippen molar-refractivity contribution in [1.29, 1.82) is 0 Å². The summed E-state index contributed by atoms with van der Waals surface area (Å²) in [5, 5.41) is 0. The van der Waals surface area contributed by atoms with Gasteiger partial charge in [-0.1, -0.05) is 38.0 Å². The summed E-state index contributed by atoms with van der Waals surface area (Å²) in [5.74, 6) is 1.80. The molecule has 0 radical (unpaired) electrons. The van der Waals surface area contributed by atoms with Crippen LogP contribution in [0.25, 0.3) is 11.1 Å². The van der Waals surface area contributed by atoms with E-state index in [2.05, 4.69) is 17.6 Å². The molecule has 0 fully saturated rings. The fraction of sp³-hybridized carbons (Fsp3) is 0.393. The first kappa shape index (κ1) is 25.2. The lowest BCUT2D eigenvalue weighted by atomic mass is 9.97. The third kappa shape index (κ3) is 5.38. The number of benzene rings is 2. The highest BCUT2D eigenvalue weighted by atomic mass is 16.5. The van der Waals surface area contributed by atoms with Gasteiger partial charge >= 0.3 is 0 Å². The molecular weight excluding hydrogens is 428 g/mol. The van der Waals surface area contributed by atoms with Crippen LogP contribution in [0.15, 0.2) is 42.5 Å². The van der Waals surface area contributed by atoms with Crippen molar-refractivity contribution >= 4 is 5.91 Å². The number of rotatable bonds is 12. The number of aromatic nitrogens is 1. The molecular formula is C28H36N2O4. The van der Waals surface area contributed by atoms with E-state index in [9.17, 15) is 4.79 Å². The quantitative estimate of drug-likeness (QED) is 0.356. The van der Waals surface area contributed by atoms with Crippen LogP contribution >= 0.6 is 0 Å². The summed E-state index contributed by atoms with van der Waals surface area (Å²) in [5.41, 5.74) is 11.6. The van der Waals surface area contributed by atoms with Crippen molar-refractivity contribution in [2.24, 2.45) is 5.73 Å². The van der Waals surface area contributed by atoms with Crippen LogP contribution in [0.2, 0.25) is 0 Å². The highest BCUT2D eigenvalue weighted by Gasteiger charge is 2.24. The molecule has 3 aromatic rings. The van der Waals surface area contributed by atoms with Gasteiger partial charge in [0.25, 0.3) is 5.91 Å². The van der Waals surface area contributed by atoms with Gasteiger partial charge in [0.15, 0.2) is 11.5 Å². The van der Waals surface area contributed by atoms with E-state index in [-0.39, 0.29) is 0 Å². The van der Waals surface area contributed by atoms with Crippen LogP contribution in [-0.2, 0) is 19.4 Å². The van der Waals surface area contributed by atoms with Crippen molar-refractivity contribution in [2.75, 3.05) is 21.3 Å². The topological polar surface area (TPSA) is 75.7 Å². The number of hydrogen-bond acceptors (Lipinski definition) is 4. The standard InChI is InChI=1S/C28H36N2O4/c1-6-7-8-9-23-27(21-11-13-22(32-3)14-12-21)26(28(29)31)19(2)30(23)17-16-20-10-15-24(33-4)25(18-20)34-5/h10-15,18H,6-9,16-17H2,1-5H3,(H2,29,31). The Morgan fingerprint density at radius 3 is 2.21 bits per heavy atom. The van der Waals surface area contributed by atoms with Gasteiger partial charge in [0.2, 0.25) is 0 Å². The fourth-order valence-electron chi connectivity index (χ4n) is 4.55. The molecule has 34 heavy (non-hydrogen) atoms. The number of primary amides is 1. The Bertz CT molecular complexity index is 1120. The van der Waals surface area contributed by atoms with E-state index in [4.69, 9.17) is 19.9 Å². The van der Waals surface area contributed by atoms with E-state index < -0.39 is 5.91 Å². The number of carbonyl (C=O) groups excluding carboxylic acids is 1. The monoisotopic (exact) mass is 464 g/mol. The first-order chi connectivity index (χ1) is 16.4. The Labute approximate surface area is 202 Å². The lowest BCUT2D eigenvalue weighted by Crippen LogP contribution is -2.14. The lowest BCUT2D eigenvalue weighted by molar-refractivity contribution is 0.1000. The Kier molecular flexibility index (Phi) is 8.63. The summed E-state index contributed by atoms with van der Waals surface area (Å²) in [6, 6.07) is 13.8. The average Bonchev–Trinajstić information content (AvgIpc) is 3.13. The second-order valence-electron chi connectivity index (χ2n) is 8.42. The predicted octanol–water partition coefficient (Wildman–Crippen LogP) is 5.56. The number of ether oxygens (including phenoxy) is 3. The number of unbranched alkanes of at least 4 members (excludes halogenated alkanes) is 2. The number of hydrogen-bond donors (Lipinski definition) is 1. The Hall–Kier alpha value is -3.41. The van der Waals surface area contributed by atoms with E-state index in [0.717, 1.165) is 72.5 Å². The maximum atomic E-state index is 12.6. The minimum atomic E-state index is -0.398. The maximum absolute atomic E-state index is 12.6. The summed E-state index contributed by atoms with van der Waals surface area (Å²) in [6.07, 6.45) is 4.99. The van der Waals surface area contributed by atoms with Crippen molar-refractivity contribution in [3.8, 4) is 28.4 Å². The van der Waals surface area contributed by atoms with Gasteiger partial charge in [-0.3, -0.25) is 4.79 Å². The summed E-state index contributed by atoms with van der Waals surface area (Å²) >= 11 is 0. The second-order valence-corrected chi connectivity index (χ2v) is 8.42. The van der Waals surface area contributed by atoms with Crippen molar-refractivity contribution in [2.45, 2.75) is 52.5 Å². The largest absolute Gasteiger partial charge is 0.497 e. The molecule has 3 rings (SSSR count). The summed E-state index contributed by atoms with van der Waals surface area (Å²) < 4.78 is 18.4. The van der Waals surface area contributed by atoms with Gasteiger partial charge in [0, 0.05) is 23.5 Å². The predicted molar refractivity (Wildman–Crippen MR) is 136 cm³/mol. The number of methoxy groups -OCH3 is 3. The number of nitrogens with zero attached hydrogens (tertiary/aromatic N) is 1. The van der Waals surface area contributed by atoms with Gasteiger partial charge in [0.05, 0.1) is 26.9 Å². The Balaban J connectivity index is 2.05. The van der Waals surface area contributed by atoms with Crippen LogP contribution in [0.4, 0.5) is 0 Å². The molecule has 1 aromatic heterocycles. The van der Waals surface area contributed by atoms with Crippen LogP contribution in [0.3, 0.4) is 0 Å². The number of aryl methyl sites for hydroxylation is 1. The van der Waals surface area contributed by atoms with Crippen LogP contribution in [0, 0.1) is 6.92 Å². The first-order valence-corrected chi connectivity index (χ1v) is 11.8. The second kappa shape index (κ2) is 11.6. The van der Waals surface area contributed by atoms with Crippen LogP contribution in [0.1, 0.15) is 53.5 Å². The minimum absolute atomic E-state index is 0.398. The lowest BCUT2D eigenvalue weighted by Gasteiger charge is -2.15. The molecule has 6 heteroatoms. The Morgan fingerprint density at radius 2 is 1.62 bits per heavy atom. The molecule has 0 saturated carbocycles. The van der Waals surface area contributed by atoms with Gasteiger partial charge in [-0.05, 0) is 61.6 Å². The zero-order chi connectivity index (χ0) is 24.7. The summed E-state index contributed by atoms with van der Waals surface area (Å²) in [4.78, 5) is 12.6. The fourth-order valence-corrected chi connectivity index (χ4v) is 4.55. The number of carbonyl (C=O) groups is 1. The number of amides is 1. The molecule has 182 valence electrons. The smallest absolute Gasteiger partial charge is 0.251 e. The van der Waals surface area contributed by atoms with Crippen molar-refractivity contribution in [3.63, 3.8) is 0 Å². The molecule has 6 nitrogen and oxygen atoms in total. The molecule has 0 spiro atoms. The SMILES string of the molecule is CCCCCc1c(-c2ccc(OC)cc2)c(C(N)=O)c(C)n1CCc1ccc(OC)c(OC)c1. The molecule has 2 aromatic carbocycles. The first-order valence-electron chi connectivity index (χ1n) is 11.8. The molecule has 0 aliphatic heterocycles. The van der Waals surface area contributed by atoms with E-state index in [1.165, 1.54) is 0 Å². The van der Waals surface area contributed by atoms with Gasteiger partial charge < -0.3 is 24.5 Å². The van der Waals surface area contributed by atoms with Crippen molar-refractivity contribution in [3.05, 3.63) is 65.0 Å². The summed E-state index contributed by atoms with van der Waals surface area (Å²) in [6.45, 7) is 4.92. The highest BCUT2D eigenvalue weighted by molar-refractivity contribution is 6.02. The van der Waals surface area contributed by atoms with Gasteiger partial charge in [-0.2, -0.15) is 0 Å². The number of nitrogens with two attached hydrogens (primary N) is 1. The molecule has 2 N–H and O–H groups in total. The van der Waals surface area contributed by atoms with Crippen molar-refractivity contribution in [1.82, 2.24) is 4.57 Å². The van der Waals surface area contributed by atoms with Crippen LogP contribution < -0.4 is 19.9 Å². The minimum Gasteiger partial charge on any atom is -0.497 e. The maximum Gasteiger partial charge on any atom is 0.251 e. The van der Waals surface area contributed by atoms with Crippen LogP contribution in [-0.4, -0.2) is 31.8 Å². The zero-order valence-electron chi connectivity index (χ0n) is 20.9. The Morgan fingerprint density at radius 1 is 0.912 bits per heavy atom. The van der Waals surface area contributed by atoms with Gasteiger partial charge in [-0.25, -0.2) is 0 Å². The molecule has 1 amide bonds. The van der Waals surface area contributed by atoms with E-state index >= 15 is 0 Å². The van der Waals surface area contributed by atoms with Gasteiger partial charge in [-0.15, -0.1) is 0 Å². The molecule has 0 unspecified atom stereocenters. The van der Waals surface area contributed by atoms with Crippen molar-refractivity contribution < 1.29 is 19.0 Å². The molecule has 0 bridgehead atoms. The zero-order valence-corrected chi connectivity index (χ0v) is 20.9. The van der Waals surface area contributed by atoms with E-state index in [1.807, 2.05) is 43.3 Å². The van der Waals surface area contributed by atoms with Crippen LogP contribution in [0.5, 0.6) is 17.2 Å². The highest BCUT2D eigenvalue weighted by Crippen LogP contribution is 2.35. The molecule has 0 atom stereocenters. The van der Waals surface area contributed by atoms with E-state index in [0.29, 0.717) is 17.1 Å². The summed E-state index contributed by atoms with van der Waals surface area (Å²) in [7, 11) is 4.92. The van der Waals surface area contributed by atoms with Gasteiger partial charge in [0.1, 0.15) is 5.75 Å². The normalized spacial score (nSPS) is 10.9. The third-order valence-electron chi connectivity index (χ3n) is 6.35.